The van der Waals surface area contributed by atoms with Gasteiger partial charge in [-0.1, -0.05) is 63.6 Å². The van der Waals surface area contributed by atoms with Crippen molar-refractivity contribution in [3.05, 3.63) is 129 Å². The molecule has 0 saturated carbocycles. The van der Waals surface area contributed by atoms with Crippen LogP contribution in [0.15, 0.2) is 106 Å². The summed E-state index contributed by atoms with van der Waals surface area (Å²) in [6.07, 6.45) is 0.526. The van der Waals surface area contributed by atoms with Crippen molar-refractivity contribution in [3.63, 3.8) is 0 Å². The number of carbonyl (C=O) groups excluding carboxylic acids is 5. The number of halogens is 4. The monoisotopic (exact) mass is 1000 g/mol. The third kappa shape index (κ3) is 30.7. The van der Waals surface area contributed by atoms with Gasteiger partial charge < -0.3 is 38.0 Å². The molecule has 0 aliphatic carbocycles. The minimum atomic E-state index is -0.639. The fourth-order valence-electron chi connectivity index (χ4n) is 4.33. The van der Waals surface area contributed by atoms with E-state index in [0.29, 0.717) is 37.3 Å². The molecule has 0 spiro atoms. The summed E-state index contributed by atoms with van der Waals surface area (Å²) in [6, 6.07) is 27.3. The van der Waals surface area contributed by atoms with Crippen LogP contribution >= 0.6 is 31.9 Å². The van der Waals surface area contributed by atoms with E-state index >= 15 is 0 Å². The van der Waals surface area contributed by atoms with Gasteiger partial charge >= 0.3 is 53.4 Å². The number of methoxy groups -OCH3 is 1. The Morgan fingerprint density at radius 1 is 0.694 bits per heavy atom. The van der Waals surface area contributed by atoms with Crippen LogP contribution in [0.2, 0.25) is 0 Å². The van der Waals surface area contributed by atoms with Gasteiger partial charge in [0.25, 0.3) is 0 Å². The first kappa shape index (κ1) is 62.0. The molecule has 62 heavy (non-hydrogen) atoms. The predicted molar refractivity (Wildman–Crippen MR) is 237 cm³/mol. The zero-order valence-corrected chi connectivity index (χ0v) is 40.3. The molecule has 19 heteroatoms. The van der Waals surface area contributed by atoms with Crippen LogP contribution in [0, 0.1) is 11.6 Å². The first-order valence-corrected chi connectivity index (χ1v) is 19.6. The number of hydrogen-bond donors (Lipinski definition) is 2. The number of nitrogens with one attached hydrogen (secondary N) is 1. The summed E-state index contributed by atoms with van der Waals surface area (Å²) in [5.41, 5.74) is 8.38. The molecule has 0 fully saturated rings. The SMILES string of the molecule is C.CC(=O)OOC(C)=O.CCOC(=O)C(CCNc1ccc(Br)cc1)c1cccc(F)c1.CCOC(=O)C(COC)c1cccc(F)c1.Nc1ccc(Br)cc1.[B-]OC(C)=O.[Na+]. The number of rotatable bonds is 12. The summed E-state index contributed by atoms with van der Waals surface area (Å²) < 4.78 is 47.1. The van der Waals surface area contributed by atoms with Crippen LogP contribution in [0.5, 0.6) is 0 Å². The Hall–Kier alpha value is -4.33. The maximum Gasteiger partial charge on any atom is 1.00 e. The van der Waals surface area contributed by atoms with Crippen LogP contribution < -0.4 is 40.6 Å². The third-order valence-corrected chi connectivity index (χ3v) is 7.95. The van der Waals surface area contributed by atoms with Crippen LogP contribution in [-0.2, 0) is 52.6 Å². The van der Waals surface area contributed by atoms with Gasteiger partial charge in [-0.25, -0.2) is 28.1 Å². The number of nitrogen functional groups attached to an aromatic ring is 1. The first-order chi connectivity index (χ1) is 28.5. The van der Waals surface area contributed by atoms with Gasteiger partial charge in [-0.3, -0.25) is 14.4 Å². The second kappa shape index (κ2) is 37.2. The molecule has 2 atom stereocenters. The van der Waals surface area contributed by atoms with Crippen molar-refractivity contribution in [2.24, 2.45) is 0 Å². The van der Waals surface area contributed by atoms with Gasteiger partial charge in [0.1, 0.15) is 17.6 Å². The average Bonchev–Trinajstić information content (AvgIpc) is 3.20. The second-order valence-electron chi connectivity index (χ2n) is 11.7. The van der Waals surface area contributed by atoms with Crippen molar-refractivity contribution in [1.29, 1.82) is 0 Å². The van der Waals surface area contributed by atoms with Gasteiger partial charge in [0.15, 0.2) is 0 Å². The number of benzene rings is 4. The molecule has 333 valence electrons. The first-order valence-electron chi connectivity index (χ1n) is 18.0. The zero-order valence-electron chi connectivity index (χ0n) is 35.1. The van der Waals surface area contributed by atoms with Gasteiger partial charge in [-0.2, -0.15) is 0 Å². The van der Waals surface area contributed by atoms with Crippen molar-refractivity contribution < 1.29 is 91.0 Å². The van der Waals surface area contributed by atoms with Crippen LogP contribution in [-0.4, -0.2) is 71.4 Å². The molecule has 0 saturated heterocycles. The van der Waals surface area contributed by atoms with Gasteiger partial charge in [0.05, 0.1) is 25.7 Å². The van der Waals surface area contributed by atoms with E-state index in [2.05, 4.69) is 59.7 Å². The molecule has 4 aromatic rings. The summed E-state index contributed by atoms with van der Waals surface area (Å²) in [5, 5.41) is 3.26. The minimum absolute atomic E-state index is 0. The van der Waals surface area contributed by atoms with Crippen LogP contribution in [0.25, 0.3) is 0 Å². The summed E-state index contributed by atoms with van der Waals surface area (Å²) in [6.45, 7) is 8.39. The number of carbonyl (C=O) groups is 5. The van der Waals surface area contributed by atoms with E-state index in [9.17, 15) is 32.8 Å². The Kier molecular flexibility index (Phi) is 37.2. The van der Waals surface area contributed by atoms with E-state index in [-0.39, 0.29) is 61.2 Å². The maximum atomic E-state index is 13.4. The summed E-state index contributed by atoms with van der Waals surface area (Å²) in [7, 11) is 5.81. The van der Waals surface area contributed by atoms with Crippen molar-refractivity contribution in [3.8, 4) is 0 Å². The molecule has 3 N–H and O–H groups in total. The van der Waals surface area contributed by atoms with Crippen molar-refractivity contribution in [2.75, 3.05) is 44.5 Å². The molecular weight excluding hydrogens is 952 g/mol. The smallest absolute Gasteiger partial charge is 0.793 e. The van der Waals surface area contributed by atoms with Gasteiger partial charge in [-0.05, 0) is 104 Å². The van der Waals surface area contributed by atoms with Crippen LogP contribution in [0.4, 0.5) is 20.2 Å². The van der Waals surface area contributed by atoms with E-state index < -0.39 is 35.7 Å². The largest absolute Gasteiger partial charge is 1.00 e. The molecule has 0 bridgehead atoms. The Balaban J connectivity index is -0.000000774. The van der Waals surface area contributed by atoms with Gasteiger partial charge in [0.2, 0.25) is 5.97 Å². The molecule has 2 unspecified atom stereocenters. The van der Waals surface area contributed by atoms with Crippen molar-refractivity contribution in [1.82, 2.24) is 0 Å². The number of nitrogens with two attached hydrogens (primary N) is 1. The van der Waals surface area contributed by atoms with Crippen molar-refractivity contribution in [2.45, 2.75) is 60.3 Å². The summed E-state index contributed by atoms with van der Waals surface area (Å²) in [4.78, 5) is 60.6. The molecular formula is C43H53BBr2F2N2NaO11. The quantitative estimate of drug-likeness (QED) is 0.0541. The molecule has 0 aliphatic heterocycles. The number of esters is 2. The zero-order chi connectivity index (χ0) is 45.5. The molecule has 13 nitrogen and oxygen atoms in total. The minimum Gasteiger partial charge on any atom is -0.793 e. The Labute approximate surface area is 403 Å². The van der Waals surface area contributed by atoms with Gasteiger partial charge in [0, 0.05) is 54.7 Å². The number of anilines is 2. The van der Waals surface area contributed by atoms with Crippen molar-refractivity contribution >= 4 is 81.1 Å². The predicted octanol–water partition coefficient (Wildman–Crippen LogP) is 6.19. The Morgan fingerprint density at radius 2 is 1.10 bits per heavy atom. The molecule has 4 rings (SSSR count). The van der Waals surface area contributed by atoms with Crippen LogP contribution in [0.1, 0.15) is 71.4 Å². The molecule has 0 amide bonds. The molecule has 0 heterocycles. The molecule has 3 radical (unpaired) electrons. The Bertz CT molecular complexity index is 1850. The average molecular weight is 1010 g/mol. The van der Waals surface area contributed by atoms with E-state index in [1.807, 2.05) is 48.5 Å². The van der Waals surface area contributed by atoms with Gasteiger partial charge in [-0.15, -0.1) is 0 Å². The fraction of sp³-hybridized carbons (Fsp3) is 0.326. The Morgan fingerprint density at radius 3 is 1.45 bits per heavy atom. The summed E-state index contributed by atoms with van der Waals surface area (Å²) in [5.74, 6) is -4.23. The van der Waals surface area contributed by atoms with E-state index in [4.69, 9.17) is 19.9 Å². The normalized spacial score (nSPS) is 10.2. The summed E-state index contributed by atoms with van der Waals surface area (Å²) >= 11 is 6.68. The second-order valence-corrected chi connectivity index (χ2v) is 13.5. The number of ether oxygens (including phenoxy) is 3. The molecule has 0 aliphatic rings. The number of hydrogen-bond acceptors (Lipinski definition) is 13. The third-order valence-electron chi connectivity index (χ3n) is 6.90. The van der Waals surface area contributed by atoms with E-state index in [1.54, 1.807) is 38.1 Å². The fourth-order valence-corrected chi connectivity index (χ4v) is 4.86. The topological polar surface area (TPSA) is 179 Å². The maximum absolute atomic E-state index is 13.4. The van der Waals surface area contributed by atoms with E-state index in [1.165, 1.54) is 38.3 Å². The molecule has 4 aromatic carbocycles. The van der Waals surface area contributed by atoms with E-state index in [0.717, 1.165) is 34.2 Å². The standard InChI is InChI=1S/C18H19BrFNO2.C12H15FO3.C6H6BrN.C4H6O4.C2H3BO2.CH4.Na/c1-2-23-18(22)17(13-4-3-5-15(20)12-13)10-11-21-16-8-6-14(19)7-9-16;1-3-16-12(14)11(8-15-2)9-5-4-6-10(13)7-9;7-5-1-3-6(8)4-2-5;1-3(5)7-8-4(2)6;1-2(4)5-3;;/h3-9,12,17,21H,2,10-11H2,1H3;4-7,11H,3,8H2,1-2H3;1-4H,8H2;1-2H3;1H3;1H4;/q;;;;-1;;+1. The molecule has 0 aromatic heterocycles. The van der Waals surface area contributed by atoms with Crippen LogP contribution in [0.3, 0.4) is 0 Å².